The predicted octanol–water partition coefficient (Wildman–Crippen LogP) is 1.54. The lowest BCUT2D eigenvalue weighted by Gasteiger charge is -2.11. The van der Waals surface area contributed by atoms with Gasteiger partial charge in [-0.2, -0.15) is 0 Å². The Hall–Kier alpha value is -1.33. The van der Waals surface area contributed by atoms with Crippen molar-refractivity contribution in [3.63, 3.8) is 0 Å². The van der Waals surface area contributed by atoms with E-state index in [-0.39, 0.29) is 24.0 Å². The van der Waals surface area contributed by atoms with Crippen molar-refractivity contribution in [1.82, 2.24) is 0 Å². The van der Waals surface area contributed by atoms with Crippen LogP contribution in [0.15, 0.2) is 18.2 Å². The van der Waals surface area contributed by atoms with Crippen LogP contribution in [0.4, 0.5) is 10.1 Å². The first-order chi connectivity index (χ1) is 7.04. The second-order valence-electron chi connectivity index (χ2n) is 3.12. The monoisotopic (exact) mass is 248 g/mol. The smallest absolute Gasteiger partial charge is 0.241 e. The molecule has 0 bridgehead atoms. The van der Waals surface area contributed by atoms with Gasteiger partial charge in [0.15, 0.2) is 0 Å². The summed E-state index contributed by atoms with van der Waals surface area (Å²) in [6.07, 6.45) is 0. The number of hydrogen-bond donors (Lipinski definition) is 2. The molecule has 0 fully saturated rings. The highest BCUT2D eigenvalue weighted by Crippen LogP contribution is 2.24. The first-order valence-electron chi connectivity index (χ1n) is 4.44. The summed E-state index contributed by atoms with van der Waals surface area (Å²) >= 11 is 0. The molecule has 0 aromatic heterocycles. The maximum Gasteiger partial charge on any atom is 0.241 e. The summed E-state index contributed by atoms with van der Waals surface area (Å²) in [5.74, 6) is -0.444. The SMILES string of the molecule is COc1ccc(F)cc1NC(=O)C(C)N.Cl. The van der Waals surface area contributed by atoms with E-state index < -0.39 is 11.9 Å². The summed E-state index contributed by atoms with van der Waals surface area (Å²) in [5, 5.41) is 2.47. The number of carbonyl (C=O) groups is 1. The number of anilines is 1. The van der Waals surface area contributed by atoms with Gasteiger partial charge >= 0.3 is 0 Å². The van der Waals surface area contributed by atoms with Crippen LogP contribution >= 0.6 is 12.4 Å². The van der Waals surface area contributed by atoms with E-state index in [0.717, 1.165) is 0 Å². The zero-order valence-electron chi connectivity index (χ0n) is 8.99. The number of halogens is 2. The van der Waals surface area contributed by atoms with Crippen LogP contribution in [0.1, 0.15) is 6.92 Å². The maximum absolute atomic E-state index is 12.9. The van der Waals surface area contributed by atoms with Crippen molar-refractivity contribution in [2.75, 3.05) is 12.4 Å². The van der Waals surface area contributed by atoms with Gasteiger partial charge in [-0.1, -0.05) is 0 Å². The molecule has 0 aliphatic carbocycles. The number of benzene rings is 1. The molecule has 1 amide bonds. The van der Waals surface area contributed by atoms with Gasteiger partial charge in [-0.25, -0.2) is 4.39 Å². The van der Waals surface area contributed by atoms with E-state index in [9.17, 15) is 9.18 Å². The van der Waals surface area contributed by atoms with Gasteiger partial charge in [0.1, 0.15) is 11.6 Å². The van der Waals surface area contributed by atoms with E-state index in [2.05, 4.69) is 5.32 Å². The van der Waals surface area contributed by atoms with Crippen LogP contribution in [0, 0.1) is 5.82 Å². The standard InChI is InChI=1S/C10H13FN2O2.ClH/c1-6(12)10(14)13-8-5-7(11)3-4-9(8)15-2;/h3-6H,12H2,1-2H3,(H,13,14);1H. The Balaban J connectivity index is 0.00000225. The van der Waals surface area contributed by atoms with Crippen LogP contribution in [-0.4, -0.2) is 19.1 Å². The number of methoxy groups -OCH3 is 1. The van der Waals surface area contributed by atoms with E-state index >= 15 is 0 Å². The summed E-state index contributed by atoms with van der Waals surface area (Å²) in [4.78, 5) is 11.3. The van der Waals surface area contributed by atoms with Crippen molar-refractivity contribution >= 4 is 24.0 Å². The molecule has 0 aliphatic rings. The molecule has 1 rings (SSSR count). The second-order valence-corrected chi connectivity index (χ2v) is 3.12. The Kier molecular flexibility index (Phi) is 5.77. The van der Waals surface area contributed by atoms with Crippen LogP contribution in [0.25, 0.3) is 0 Å². The van der Waals surface area contributed by atoms with Gasteiger partial charge in [0.05, 0.1) is 18.8 Å². The quantitative estimate of drug-likeness (QED) is 0.853. The molecule has 0 saturated heterocycles. The van der Waals surface area contributed by atoms with Gasteiger partial charge in [-0.3, -0.25) is 4.79 Å². The summed E-state index contributed by atoms with van der Waals surface area (Å²) in [5.41, 5.74) is 5.64. The lowest BCUT2D eigenvalue weighted by molar-refractivity contribution is -0.117. The molecule has 1 unspecified atom stereocenters. The minimum absolute atomic E-state index is 0. The molecule has 0 heterocycles. The van der Waals surface area contributed by atoms with Crippen LogP contribution in [0.5, 0.6) is 5.75 Å². The van der Waals surface area contributed by atoms with E-state index in [1.54, 1.807) is 6.92 Å². The van der Waals surface area contributed by atoms with Crippen molar-refractivity contribution in [1.29, 1.82) is 0 Å². The number of rotatable bonds is 3. The van der Waals surface area contributed by atoms with Crippen molar-refractivity contribution in [3.05, 3.63) is 24.0 Å². The number of nitrogens with two attached hydrogens (primary N) is 1. The third kappa shape index (κ3) is 3.67. The van der Waals surface area contributed by atoms with Crippen LogP contribution < -0.4 is 15.8 Å². The van der Waals surface area contributed by atoms with Gasteiger partial charge < -0.3 is 15.8 Å². The van der Waals surface area contributed by atoms with E-state index in [4.69, 9.17) is 10.5 Å². The molecule has 1 atom stereocenters. The molecule has 90 valence electrons. The highest BCUT2D eigenvalue weighted by Gasteiger charge is 2.11. The molecule has 1 aromatic rings. The number of carbonyl (C=O) groups excluding carboxylic acids is 1. The Morgan fingerprint density at radius 1 is 1.56 bits per heavy atom. The molecule has 1 aromatic carbocycles. The molecule has 0 radical (unpaired) electrons. The van der Waals surface area contributed by atoms with Gasteiger partial charge in [-0.15, -0.1) is 12.4 Å². The van der Waals surface area contributed by atoms with Gasteiger partial charge in [0, 0.05) is 6.07 Å². The van der Waals surface area contributed by atoms with Crippen LogP contribution in [0.3, 0.4) is 0 Å². The number of hydrogen-bond acceptors (Lipinski definition) is 3. The molecule has 16 heavy (non-hydrogen) atoms. The lowest BCUT2D eigenvalue weighted by atomic mass is 10.2. The minimum Gasteiger partial charge on any atom is -0.495 e. The zero-order valence-corrected chi connectivity index (χ0v) is 9.81. The summed E-state index contributed by atoms with van der Waals surface area (Å²) in [6.45, 7) is 1.54. The highest BCUT2D eigenvalue weighted by molar-refractivity contribution is 5.95. The Bertz CT molecular complexity index is 372. The van der Waals surface area contributed by atoms with Crippen molar-refractivity contribution in [3.8, 4) is 5.75 Å². The molecular formula is C10H14ClFN2O2. The maximum atomic E-state index is 12.9. The van der Waals surface area contributed by atoms with E-state index in [0.29, 0.717) is 5.75 Å². The number of amides is 1. The molecule has 0 spiro atoms. The van der Waals surface area contributed by atoms with E-state index in [1.807, 2.05) is 0 Å². The number of nitrogens with one attached hydrogen (secondary N) is 1. The van der Waals surface area contributed by atoms with E-state index in [1.165, 1.54) is 25.3 Å². The molecule has 0 saturated carbocycles. The van der Waals surface area contributed by atoms with Crippen molar-refractivity contribution < 1.29 is 13.9 Å². The fourth-order valence-corrected chi connectivity index (χ4v) is 1.02. The average Bonchev–Trinajstić information content (AvgIpc) is 2.18. The average molecular weight is 249 g/mol. The summed E-state index contributed by atoms with van der Waals surface area (Å²) in [7, 11) is 1.44. The van der Waals surface area contributed by atoms with Crippen molar-refractivity contribution in [2.24, 2.45) is 5.73 Å². The zero-order chi connectivity index (χ0) is 11.4. The molecule has 0 aliphatic heterocycles. The predicted molar refractivity (Wildman–Crippen MR) is 62.5 cm³/mol. The lowest BCUT2D eigenvalue weighted by Crippen LogP contribution is -2.32. The van der Waals surface area contributed by atoms with Crippen LogP contribution in [0.2, 0.25) is 0 Å². The van der Waals surface area contributed by atoms with Gasteiger partial charge in [0.25, 0.3) is 0 Å². The summed E-state index contributed by atoms with van der Waals surface area (Å²) in [6, 6.07) is 3.21. The third-order valence-electron chi connectivity index (χ3n) is 1.83. The fraction of sp³-hybridized carbons (Fsp3) is 0.300. The van der Waals surface area contributed by atoms with Crippen LogP contribution in [-0.2, 0) is 4.79 Å². The molecular weight excluding hydrogens is 235 g/mol. The second kappa shape index (κ2) is 6.30. The third-order valence-corrected chi connectivity index (χ3v) is 1.83. The minimum atomic E-state index is -0.655. The first kappa shape index (κ1) is 14.7. The molecule has 6 heteroatoms. The Labute approximate surface area is 99.4 Å². The fourth-order valence-electron chi connectivity index (χ4n) is 1.02. The topological polar surface area (TPSA) is 64.3 Å². The molecule has 3 N–H and O–H groups in total. The normalized spacial score (nSPS) is 11.2. The van der Waals surface area contributed by atoms with Crippen molar-refractivity contribution in [2.45, 2.75) is 13.0 Å². The molecule has 4 nitrogen and oxygen atoms in total. The largest absolute Gasteiger partial charge is 0.495 e. The number of ether oxygens (including phenoxy) is 1. The first-order valence-corrected chi connectivity index (χ1v) is 4.44. The Morgan fingerprint density at radius 2 is 2.19 bits per heavy atom. The Morgan fingerprint density at radius 3 is 2.69 bits per heavy atom. The highest BCUT2D eigenvalue weighted by atomic mass is 35.5. The summed E-state index contributed by atoms with van der Waals surface area (Å²) < 4.78 is 17.9. The van der Waals surface area contributed by atoms with Gasteiger partial charge in [-0.05, 0) is 19.1 Å². The van der Waals surface area contributed by atoms with Gasteiger partial charge in [0.2, 0.25) is 5.91 Å².